The number of phenolic OH excluding ortho intramolecular Hbond substituents is 1. The number of benzene rings is 1. The Morgan fingerprint density at radius 3 is 2.58 bits per heavy atom. The van der Waals surface area contributed by atoms with Crippen molar-refractivity contribution in [3.8, 4) is 5.75 Å². The van der Waals surface area contributed by atoms with Crippen LogP contribution in [0.3, 0.4) is 0 Å². The maximum atomic E-state index is 12.5. The van der Waals surface area contributed by atoms with Crippen LogP contribution in [0.4, 0.5) is 18.9 Å². The number of amides is 1. The van der Waals surface area contributed by atoms with Crippen molar-refractivity contribution in [2.24, 2.45) is 0 Å². The lowest BCUT2D eigenvalue weighted by Gasteiger charge is -2.24. The van der Waals surface area contributed by atoms with Gasteiger partial charge in [0.1, 0.15) is 12.3 Å². The first-order valence-electron chi connectivity index (χ1n) is 5.74. The van der Waals surface area contributed by atoms with Crippen molar-refractivity contribution >= 4 is 11.6 Å². The lowest BCUT2D eigenvalue weighted by atomic mass is 10.1. The van der Waals surface area contributed by atoms with Gasteiger partial charge in [-0.15, -0.1) is 0 Å². The van der Waals surface area contributed by atoms with Crippen molar-refractivity contribution in [1.29, 1.82) is 0 Å². The zero-order chi connectivity index (χ0) is 14.2. The van der Waals surface area contributed by atoms with E-state index in [1.807, 2.05) is 0 Å². The highest BCUT2D eigenvalue weighted by Gasteiger charge is 2.41. The van der Waals surface area contributed by atoms with Crippen LogP contribution in [-0.4, -0.2) is 34.7 Å². The highest BCUT2D eigenvalue weighted by Crippen LogP contribution is 2.32. The molecule has 0 heterocycles. The van der Waals surface area contributed by atoms with E-state index in [1.54, 1.807) is 0 Å². The van der Waals surface area contributed by atoms with Gasteiger partial charge in [-0.2, -0.15) is 13.2 Å². The van der Waals surface area contributed by atoms with E-state index in [0.717, 1.165) is 11.0 Å². The monoisotopic (exact) mass is 274 g/mol. The van der Waals surface area contributed by atoms with Crippen LogP contribution in [0.2, 0.25) is 0 Å². The summed E-state index contributed by atoms with van der Waals surface area (Å²) in [5.41, 5.74) is 5.52. The lowest BCUT2D eigenvalue weighted by molar-refractivity contribution is -0.141. The molecule has 1 fully saturated rings. The third-order valence-electron chi connectivity index (χ3n) is 2.87. The van der Waals surface area contributed by atoms with E-state index in [2.05, 4.69) is 0 Å². The van der Waals surface area contributed by atoms with Gasteiger partial charge in [0, 0.05) is 11.7 Å². The van der Waals surface area contributed by atoms with Crippen LogP contribution in [0.25, 0.3) is 0 Å². The quantitative estimate of drug-likeness (QED) is 0.655. The van der Waals surface area contributed by atoms with Gasteiger partial charge in [0.2, 0.25) is 0 Å². The summed E-state index contributed by atoms with van der Waals surface area (Å²) in [6, 6.07) is 3.26. The maximum absolute atomic E-state index is 12.5. The number of nitrogen functional groups attached to an aromatic ring is 1. The summed E-state index contributed by atoms with van der Waals surface area (Å²) in [4.78, 5) is 12.9. The Balaban J connectivity index is 2.26. The molecule has 1 amide bonds. The molecule has 1 aromatic carbocycles. The van der Waals surface area contributed by atoms with E-state index >= 15 is 0 Å². The topological polar surface area (TPSA) is 66.6 Å². The van der Waals surface area contributed by atoms with Crippen LogP contribution in [0.5, 0.6) is 5.75 Å². The van der Waals surface area contributed by atoms with Gasteiger partial charge >= 0.3 is 6.18 Å². The molecule has 4 nitrogen and oxygen atoms in total. The number of hydrogen-bond acceptors (Lipinski definition) is 3. The Bertz CT molecular complexity index is 498. The molecule has 0 aromatic heterocycles. The molecule has 0 unspecified atom stereocenters. The molecule has 104 valence electrons. The van der Waals surface area contributed by atoms with Gasteiger partial charge < -0.3 is 15.7 Å². The largest absolute Gasteiger partial charge is 0.508 e. The van der Waals surface area contributed by atoms with Crippen LogP contribution in [0.15, 0.2) is 18.2 Å². The average molecular weight is 274 g/mol. The first-order valence-corrected chi connectivity index (χ1v) is 5.74. The van der Waals surface area contributed by atoms with Gasteiger partial charge in [-0.05, 0) is 31.0 Å². The summed E-state index contributed by atoms with van der Waals surface area (Å²) in [6.45, 7) is -1.30. The fourth-order valence-electron chi connectivity index (χ4n) is 1.83. The van der Waals surface area contributed by atoms with Crippen molar-refractivity contribution in [1.82, 2.24) is 4.90 Å². The Kier molecular flexibility index (Phi) is 3.30. The molecule has 1 saturated carbocycles. The molecule has 0 aliphatic heterocycles. The minimum atomic E-state index is -4.45. The molecule has 1 aromatic rings. The highest BCUT2D eigenvalue weighted by molar-refractivity contribution is 5.99. The smallest absolute Gasteiger partial charge is 0.406 e. The summed E-state index contributed by atoms with van der Waals surface area (Å²) in [7, 11) is 0. The Morgan fingerprint density at radius 2 is 2.05 bits per heavy atom. The predicted molar refractivity (Wildman–Crippen MR) is 62.6 cm³/mol. The van der Waals surface area contributed by atoms with E-state index in [0.29, 0.717) is 12.8 Å². The van der Waals surface area contributed by atoms with E-state index in [4.69, 9.17) is 5.73 Å². The number of nitrogens with zero attached hydrogens (tertiary/aromatic N) is 1. The molecule has 1 aliphatic rings. The number of hydrogen-bond donors (Lipinski definition) is 2. The zero-order valence-corrected chi connectivity index (χ0v) is 9.94. The van der Waals surface area contributed by atoms with Crippen molar-refractivity contribution in [2.75, 3.05) is 12.3 Å². The highest BCUT2D eigenvalue weighted by atomic mass is 19.4. The van der Waals surface area contributed by atoms with Gasteiger partial charge in [0.25, 0.3) is 5.91 Å². The summed E-state index contributed by atoms with van der Waals surface area (Å²) < 4.78 is 37.4. The number of nitrogens with two attached hydrogens (primary N) is 1. The average Bonchev–Trinajstić information content (AvgIpc) is 3.11. The molecule has 0 atom stereocenters. The maximum Gasteiger partial charge on any atom is 0.406 e. The molecule has 7 heteroatoms. The zero-order valence-electron chi connectivity index (χ0n) is 9.94. The minimum Gasteiger partial charge on any atom is -0.508 e. The summed E-state index contributed by atoms with van der Waals surface area (Å²) in [5, 5.41) is 9.31. The summed E-state index contributed by atoms with van der Waals surface area (Å²) >= 11 is 0. The third-order valence-corrected chi connectivity index (χ3v) is 2.87. The van der Waals surface area contributed by atoms with Gasteiger partial charge in [0.05, 0.1) is 5.56 Å². The second-order valence-corrected chi connectivity index (χ2v) is 4.55. The fraction of sp³-hybridized carbons (Fsp3) is 0.417. The molecule has 19 heavy (non-hydrogen) atoms. The van der Waals surface area contributed by atoms with Crippen LogP contribution in [-0.2, 0) is 0 Å². The van der Waals surface area contributed by atoms with Crippen LogP contribution >= 0.6 is 0 Å². The van der Waals surface area contributed by atoms with Crippen molar-refractivity contribution in [2.45, 2.75) is 25.1 Å². The SMILES string of the molecule is Nc1ccc(O)cc1C(=O)N(CC(F)(F)F)C1CC1. The molecule has 0 radical (unpaired) electrons. The first-order chi connectivity index (χ1) is 8.78. The number of anilines is 1. The van der Waals surface area contributed by atoms with Crippen molar-refractivity contribution in [3.05, 3.63) is 23.8 Å². The van der Waals surface area contributed by atoms with E-state index in [1.165, 1.54) is 12.1 Å². The van der Waals surface area contributed by atoms with E-state index in [9.17, 15) is 23.1 Å². The van der Waals surface area contributed by atoms with Crippen LogP contribution < -0.4 is 5.73 Å². The second kappa shape index (κ2) is 4.64. The molecule has 2 rings (SSSR count). The number of aromatic hydroxyl groups is 1. The van der Waals surface area contributed by atoms with Gasteiger partial charge in [0.15, 0.2) is 0 Å². The molecular formula is C12H13F3N2O2. The third kappa shape index (κ3) is 3.30. The Labute approximate surface area is 107 Å². The normalized spacial score (nSPS) is 15.3. The number of alkyl halides is 3. The minimum absolute atomic E-state index is 0.0515. The summed E-state index contributed by atoms with van der Waals surface area (Å²) in [5.74, 6) is -1.01. The molecule has 0 bridgehead atoms. The van der Waals surface area contributed by atoms with Crippen LogP contribution in [0, 0.1) is 0 Å². The molecule has 1 aliphatic carbocycles. The summed E-state index contributed by atoms with van der Waals surface area (Å²) in [6.07, 6.45) is -3.34. The molecule has 0 spiro atoms. The van der Waals surface area contributed by atoms with Gasteiger partial charge in [-0.3, -0.25) is 4.79 Å². The van der Waals surface area contributed by atoms with Crippen molar-refractivity contribution in [3.63, 3.8) is 0 Å². The number of phenols is 1. The number of carbonyl (C=O) groups is 1. The van der Waals surface area contributed by atoms with E-state index in [-0.39, 0.29) is 17.0 Å². The predicted octanol–water partition coefficient (Wildman–Crippen LogP) is 2.14. The molecular weight excluding hydrogens is 261 g/mol. The van der Waals surface area contributed by atoms with E-state index < -0.39 is 24.7 Å². The number of carbonyl (C=O) groups excluding carboxylic acids is 1. The second-order valence-electron chi connectivity index (χ2n) is 4.55. The Hall–Kier alpha value is -1.92. The first kappa shape index (κ1) is 13.5. The lowest BCUT2D eigenvalue weighted by Crippen LogP contribution is -2.40. The molecule has 3 N–H and O–H groups in total. The van der Waals surface area contributed by atoms with Crippen molar-refractivity contribution < 1.29 is 23.1 Å². The van der Waals surface area contributed by atoms with Gasteiger partial charge in [-0.25, -0.2) is 0 Å². The number of rotatable bonds is 3. The number of halogens is 3. The standard InChI is InChI=1S/C12H13F3N2O2/c13-12(14,15)6-17(7-1-2-7)11(19)9-5-8(18)3-4-10(9)16/h3-5,7,18H,1-2,6,16H2. The fourth-order valence-corrected chi connectivity index (χ4v) is 1.83. The Morgan fingerprint density at radius 1 is 1.42 bits per heavy atom. The molecule has 0 saturated heterocycles. The van der Waals surface area contributed by atoms with Crippen LogP contribution in [0.1, 0.15) is 23.2 Å². The van der Waals surface area contributed by atoms with Gasteiger partial charge in [-0.1, -0.05) is 0 Å².